The van der Waals surface area contributed by atoms with Gasteiger partial charge in [-0.25, -0.2) is 0 Å². The van der Waals surface area contributed by atoms with Gasteiger partial charge < -0.3 is 15.4 Å². The topological polar surface area (TPSA) is 65.1 Å². The summed E-state index contributed by atoms with van der Waals surface area (Å²) < 4.78 is 0. The maximum Gasteiger partial charge on any atom is 0.220 e. The molecule has 0 aliphatic heterocycles. The lowest BCUT2D eigenvalue weighted by molar-refractivity contribution is -0.121. The number of fused-ring (bicyclic) bond motifs is 1. The zero-order valence-electron chi connectivity index (χ0n) is 12.8. The van der Waals surface area contributed by atoms with Gasteiger partial charge in [-0.1, -0.05) is 18.2 Å². The van der Waals surface area contributed by atoms with Crippen LogP contribution in [0, 0.1) is 6.92 Å². The molecule has 114 valence electrons. The Hall–Kier alpha value is -1.81. The summed E-state index contributed by atoms with van der Waals surface area (Å²) in [6.07, 6.45) is 4.77. The smallest absolute Gasteiger partial charge is 0.220 e. The molecule has 4 heteroatoms. The van der Waals surface area contributed by atoms with E-state index >= 15 is 0 Å². The second-order valence-electron chi connectivity index (χ2n) is 5.65. The number of carbonyl (C=O) groups is 1. The van der Waals surface area contributed by atoms with Crippen LogP contribution in [-0.2, 0) is 11.2 Å². The van der Waals surface area contributed by atoms with Gasteiger partial charge in [0.1, 0.15) is 0 Å². The third-order valence-corrected chi connectivity index (χ3v) is 3.83. The summed E-state index contributed by atoms with van der Waals surface area (Å²) in [6.45, 7) is 4.23. The minimum Gasteiger partial charge on any atom is -0.396 e. The minimum absolute atomic E-state index is 0.0717. The molecule has 1 aromatic heterocycles. The van der Waals surface area contributed by atoms with E-state index in [9.17, 15) is 4.79 Å². The molecule has 0 bridgehead atoms. The number of aromatic amines is 1. The van der Waals surface area contributed by atoms with E-state index in [0.717, 1.165) is 24.8 Å². The molecule has 4 nitrogen and oxygen atoms in total. The molecule has 2 aromatic rings. The number of carbonyl (C=O) groups excluding carboxylic acids is 1. The molecule has 1 atom stereocenters. The molecule has 0 fully saturated rings. The fraction of sp³-hybridized carbons (Fsp3) is 0.471. The molecule has 0 radical (unpaired) electrons. The largest absolute Gasteiger partial charge is 0.396 e. The van der Waals surface area contributed by atoms with Gasteiger partial charge in [0.15, 0.2) is 0 Å². The molecular weight excluding hydrogens is 264 g/mol. The number of aliphatic hydroxyl groups is 1. The van der Waals surface area contributed by atoms with Crippen molar-refractivity contribution in [3.8, 4) is 0 Å². The lowest BCUT2D eigenvalue weighted by atomic mass is 10.1. The highest BCUT2D eigenvalue weighted by Crippen LogP contribution is 2.22. The first-order valence-electron chi connectivity index (χ1n) is 7.57. The Morgan fingerprint density at radius 1 is 1.43 bits per heavy atom. The number of H-pyrrole nitrogens is 1. The summed E-state index contributed by atoms with van der Waals surface area (Å²) in [5.74, 6) is 0.0717. The SMILES string of the molecule is Cc1cccc2c(CCC(=O)NC(C)CCCO)c[nH]c12. The maximum absolute atomic E-state index is 11.9. The summed E-state index contributed by atoms with van der Waals surface area (Å²) in [5, 5.41) is 13.0. The Morgan fingerprint density at radius 2 is 2.24 bits per heavy atom. The Morgan fingerprint density at radius 3 is 3.00 bits per heavy atom. The number of nitrogens with one attached hydrogen (secondary N) is 2. The van der Waals surface area contributed by atoms with Crippen molar-refractivity contribution in [2.45, 2.75) is 45.6 Å². The fourth-order valence-electron chi connectivity index (χ4n) is 2.64. The summed E-state index contributed by atoms with van der Waals surface area (Å²) in [5.41, 5.74) is 3.57. The third-order valence-electron chi connectivity index (χ3n) is 3.83. The molecule has 2 rings (SSSR count). The zero-order chi connectivity index (χ0) is 15.2. The van der Waals surface area contributed by atoms with Gasteiger partial charge in [0.25, 0.3) is 0 Å². The molecule has 0 saturated carbocycles. The number of aromatic nitrogens is 1. The van der Waals surface area contributed by atoms with Crippen LogP contribution in [0.15, 0.2) is 24.4 Å². The lowest BCUT2D eigenvalue weighted by Crippen LogP contribution is -2.32. The summed E-state index contributed by atoms with van der Waals surface area (Å²) in [6, 6.07) is 6.34. The first-order valence-corrected chi connectivity index (χ1v) is 7.57. The Labute approximate surface area is 125 Å². The van der Waals surface area contributed by atoms with Crippen LogP contribution in [0.4, 0.5) is 0 Å². The second-order valence-corrected chi connectivity index (χ2v) is 5.65. The number of rotatable bonds is 7. The monoisotopic (exact) mass is 288 g/mol. The maximum atomic E-state index is 11.9. The van der Waals surface area contributed by atoms with E-state index in [4.69, 9.17) is 5.11 Å². The molecule has 1 amide bonds. The predicted molar refractivity (Wildman–Crippen MR) is 85.3 cm³/mol. The van der Waals surface area contributed by atoms with E-state index in [0.29, 0.717) is 6.42 Å². The molecule has 0 aliphatic carbocycles. The van der Waals surface area contributed by atoms with Gasteiger partial charge in [-0.2, -0.15) is 0 Å². The normalized spacial score (nSPS) is 12.5. The van der Waals surface area contributed by atoms with Gasteiger partial charge in [-0.15, -0.1) is 0 Å². The molecule has 1 unspecified atom stereocenters. The highest BCUT2D eigenvalue weighted by molar-refractivity contribution is 5.86. The highest BCUT2D eigenvalue weighted by atomic mass is 16.2. The fourth-order valence-corrected chi connectivity index (χ4v) is 2.64. The van der Waals surface area contributed by atoms with Gasteiger partial charge in [0, 0.05) is 36.2 Å². The van der Waals surface area contributed by atoms with Crippen molar-refractivity contribution in [2.24, 2.45) is 0 Å². The van der Waals surface area contributed by atoms with E-state index in [1.54, 1.807) is 0 Å². The van der Waals surface area contributed by atoms with Gasteiger partial charge in [-0.05, 0) is 44.2 Å². The quantitative estimate of drug-likeness (QED) is 0.733. The number of hydrogen-bond donors (Lipinski definition) is 3. The zero-order valence-corrected chi connectivity index (χ0v) is 12.8. The van der Waals surface area contributed by atoms with E-state index in [-0.39, 0.29) is 18.6 Å². The summed E-state index contributed by atoms with van der Waals surface area (Å²) in [7, 11) is 0. The van der Waals surface area contributed by atoms with E-state index in [1.807, 2.05) is 19.2 Å². The van der Waals surface area contributed by atoms with E-state index in [2.05, 4.69) is 29.4 Å². The number of aliphatic hydroxyl groups excluding tert-OH is 1. The molecule has 1 heterocycles. The number of hydrogen-bond acceptors (Lipinski definition) is 2. The average Bonchev–Trinajstić information content (AvgIpc) is 2.87. The minimum atomic E-state index is 0.0717. The standard InChI is InChI=1S/C17H24N2O2/c1-12-5-3-7-15-14(11-18-17(12)15)8-9-16(21)19-13(2)6-4-10-20/h3,5,7,11,13,18,20H,4,6,8-10H2,1-2H3,(H,19,21). The van der Waals surface area contributed by atoms with Crippen molar-refractivity contribution < 1.29 is 9.90 Å². The molecule has 1 aromatic carbocycles. The number of para-hydroxylation sites is 1. The predicted octanol–water partition coefficient (Wildman–Crippen LogP) is 2.69. The Kier molecular flexibility index (Phi) is 5.39. The molecule has 21 heavy (non-hydrogen) atoms. The van der Waals surface area contributed by atoms with Gasteiger partial charge in [0.2, 0.25) is 5.91 Å². The number of amides is 1. The first-order chi connectivity index (χ1) is 10.1. The highest BCUT2D eigenvalue weighted by Gasteiger charge is 2.10. The van der Waals surface area contributed by atoms with Gasteiger partial charge >= 0.3 is 0 Å². The van der Waals surface area contributed by atoms with Crippen LogP contribution >= 0.6 is 0 Å². The van der Waals surface area contributed by atoms with Crippen LogP contribution in [0.3, 0.4) is 0 Å². The molecule has 0 spiro atoms. The Bertz CT molecular complexity index is 604. The van der Waals surface area contributed by atoms with Crippen LogP contribution in [0.1, 0.15) is 37.3 Å². The van der Waals surface area contributed by atoms with Crippen molar-refractivity contribution in [1.29, 1.82) is 0 Å². The molecule has 0 aliphatic rings. The lowest BCUT2D eigenvalue weighted by Gasteiger charge is -2.12. The molecule has 3 N–H and O–H groups in total. The van der Waals surface area contributed by atoms with Crippen molar-refractivity contribution in [3.63, 3.8) is 0 Å². The first kappa shape index (κ1) is 15.6. The molecule has 0 saturated heterocycles. The van der Waals surface area contributed by atoms with Crippen molar-refractivity contribution in [2.75, 3.05) is 6.61 Å². The molecular formula is C17H24N2O2. The van der Waals surface area contributed by atoms with Crippen LogP contribution < -0.4 is 5.32 Å². The number of benzene rings is 1. The summed E-state index contributed by atoms with van der Waals surface area (Å²) in [4.78, 5) is 15.2. The summed E-state index contributed by atoms with van der Waals surface area (Å²) >= 11 is 0. The van der Waals surface area contributed by atoms with Gasteiger partial charge in [-0.3, -0.25) is 4.79 Å². The Balaban J connectivity index is 1.90. The average molecular weight is 288 g/mol. The van der Waals surface area contributed by atoms with Crippen LogP contribution in [0.2, 0.25) is 0 Å². The van der Waals surface area contributed by atoms with Crippen LogP contribution in [-0.4, -0.2) is 28.6 Å². The van der Waals surface area contributed by atoms with Crippen LogP contribution in [0.5, 0.6) is 0 Å². The van der Waals surface area contributed by atoms with E-state index in [1.165, 1.54) is 16.5 Å². The van der Waals surface area contributed by atoms with Crippen molar-refractivity contribution >= 4 is 16.8 Å². The number of aryl methyl sites for hydroxylation is 2. The third kappa shape index (κ3) is 4.08. The second kappa shape index (κ2) is 7.27. The van der Waals surface area contributed by atoms with Crippen LogP contribution in [0.25, 0.3) is 10.9 Å². The van der Waals surface area contributed by atoms with Crippen molar-refractivity contribution in [1.82, 2.24) is 10.3 Å². The van der Waals surface area contributed by atoms with E-state index < -0.39 is 0 Å². The van der Waals surface area contributed by atoms with Crippen molar-refractivity contribution in [3.05, 3.63) is 35.5 Å². The van der Waals surface area contributed by atoms with Gasteiger partial charge in [0.05, 0.1) is 0 Å².